The monoisotopic (exact) mass is 419 g/mol. The van der Waals surface area contributed by atoms with Gasteiger partial charge in [0.25, 0.3) is 0 Å². The Hall–Kier alpha value is -2.34. The second-order valence-electron chi connectivity index (χ2n) is 7.33. The van der Waals surface area contributed by atoms with Gasteiger partial charge in [0.05, 0.1) is 17.9 Å². The highest BCUT2D eigenvalue weighted by Gasteiger charge is 2.38. The number of hydrogen-bond acceptors (Lipinski definition) is 4. The maximum Gasteiger partial charge on any atom is 0.336 e. The normalized spacial score (nSPS) is 15.9. The molecule has 0 saturated heterocycles. The van der Waals surface area contributed by atoms with E-state index in [4.69, 9.17) is 16.3 Å². The van der Waals surface area contributed by atoms with Gasteiger partial charge in [-0.1, -0.05) is 44.4 Å². The van der Waals surface area contributed by atoms with Crippen LogP contribution in [-0.4, -0.2) is 22.4 Å². The van der Waals surface area contributed by atoms with Crippen LogP contribution in [0.3, 0.4) is 0 Å². The number of hydrogen-bond donors (Lipinski definition) is 1. The van der Waals surface area contributed by atoms with Gasteiger partial charge in [0.15, 0.2) is 0 Å². The molecule has 0 amide bonds. The quantitative estimate of drug-likeness (QED) is 0.486. The van der Waals surface area contributed by atoms with E-state index in [9.17, 15) is 9.18 Å². The van der Waals surface area contributed by atoms with E-state index in [1.807, 2.05) is 20.9 Å². The lowest BCUT2D eigenvalue weighted by Crippen LogP contribution is -2.25. The highest BCUT2D eigenvalue weighted by atomic mass is 35.5. The van der Waals surface area contributed by atoms with Crippen molar-refractivity contribution in [3.8, 4) is 0 Å². The van der Waals surface area contributed by atoms with Crippen LogP contribution in [0.4, 0.5) is 10.2 Å². The SMILES string of the molecule is CCCCOC(=O)C1=C(C)Nc2c(c(CCC)nn2C)C1c1ccc(F)cc1Cl. The minimum Gasteiger partial charge on any atom is -0.462 e. The maximum atomic E-state index is 13.7. The predicted octanol–water partition coefficient (Wildman–Crippen LogP) is 5.34. The molecular weight excluding hydrogens is 393 g/mol. The average molecular weight is 420 g/mol. The molecule has 29 heavy (non-hydrogen) atoms. The van der Waals surface area contributed by atoms with E-state index in [0.717, 1.165) is 42.8 Å². The average Bonchev–Trinajstić information content (AvgIpc) is 2.96. The minimum atomic E-state index is -0.469. The van der Waals surface area contributed by atoms with Gasteiger partial charge in [-0.2, -0.15) is 5.10 Å². The largest absolute Gasteiger partial charge is 0.462 e. The van der Waals surface area contributed by atoms with E-state index < -0.39 is 11.7 Å². The Balaban J connectivity index is 2.17. The Labute approximate surface area is 175 Å². The third kappa shape index (κ3) is 4.17. The number of aromatic nitrogens is 2. The fraction of sp³-hybridized carbons (Fsp3) is 0.455. The summed E-state index contributed by atoms with van der Waals surface area (Å²) in [6.45, 7) is 6.33. The summed E-state index contributed by atoms with van der Waals surface area (Å²) in [5, 5.41) is 8.27. The van der Waals surface area contributed by atoms with Crippen LogP contribution in [-0.2, 0) is 23.0 Å². The van der Waals surface area contributed by atoms with Crippen LogP contribution in [0.2, 0.25) is 5.02 Å². The van der Waals surface area contributed by atoms with Crippen molar-refractivity contribution < 1.29 is 13.9 Å². The molecule has 5 nitrogen and oxygen atoms in total. The van der Waals surface area contributed by atoms with Crippen molar-refractivity contribution in [1.29, 1.82) is 0 Å². The summed E-state index contributed by atoms with van der Waals surface area (Å²) in [6.07, 6.45) is 3.40. The molecule has 1 aromatic heterocycles. The van der Waals surface area contributed by atoms with Crippen molar-refractivity contribution in [2.75, 3.05) is 11.9 Å². The van der Waals surface area contributed by atoms with E-state index >= 15 is 0 Å². The van der Waals surface area contributed by atoms with E-state index in [1.54, 1.807) is 10.7 Å². The summed E-state index contributed by atoms with van der Waals surface area (Å²) >= 11 is 6.45. The molecule has 0 spiro atoms. The van der Waals surface area contributed by atoms with Gasteiger partial charge in [-0.25, -0.2) is 9.18 Å². The molecule has 0 aliphatic carbocycles. The van der Waals surface area contributed by atoms with E-state index in [2.05, 4.69) is 17.3 Å². The van der Waals surface area contributed by atoms with Gasteiger partial charge in [0, 0.05) is 29.2 Å². The molecule has 0 fully saturated rings. The molecule has 1 aliphatic heterocycles. The van der Waals surface area contributed by atoms with Crippen molar-refractivity contribution in [3.63, 3.8) is 0 Å². The highest BCUT2D eigenvalue weighted by Crippen LogP contribution is 2.46. The first-order valence-corrected chi connectivity index (χ1v) is 10.4. The lowest BCUT2D eigenvalue weighted by molar-refractivity contribution is -0.139. The number of unbranched alkanes of at least 4 members (excludes halogenated alkanes) is 1. The van der Waals surface area contributed by atoms with Crippen LogP contribution in [0, 0.1) is 5.82 Å². The van der Waals surface area contributed by atoms with Crippen molar-refractivity contribution in [1.82, 2.24) is 9.78 Å². The van der Waals surface area contributed by atoms with Gasteiger partial charge in [-0.05, 0) is 37.5 Å². The number of anilines is 1. The van der Waals surface area contributed by atoms with Crippen LogP contribution >= 0.6 is 11.6 Å². The first kappa shape index (κ1) is 21.4. The van der Waals surface area contributed by atoms with E-state index in [1.165, 1.54) is 12.1 Å². The van der Waals surface area contributed by atoms with E-state index in [0.29, 0.717) is 23.4 Å². The molecule has 3 rings (SSSR count). The number of rotatable bonds is 7. The first-order chi connectivity index (χ1) is 13.9. The Morgan fingerprint density at radius 1 is 1.34 bits per heavy atom. The minimum absolute atomic E-state index is 0.279. The van der Waals surface area contributed by atoms with Crippen LogP contribution in [0.1, 0.15) is 62.8 Å². The zero-order chi connectivity index (χ0) is 21.1. The third-order valence-corrected chi connectivity index (χ3v) is 5.49. The third-order valence-electron chi connectivity index (χ3n) is 5.16. The number of benzene rings is 1. The number of allylic oxidation sites excluding steroid dienone is 1. The number of nitrogens with zero attached hydrogens (tertiary/aromatic N) is 2. The molecular formula is C22H27ClFN3O2. The predicted molar refractivity (Wildman–Crippen MR) is 113 cm³/mol. The molecule has 156 valence electrons. The molecule has 1 N–H and O–H groups in total. The van der Waals surface area contributed by atoms with E-state index in [-0.39, 0.29) is 11.0 Å². The van der Waals surface area contributed by atoms with Gasteiger partial charge in [-0.3, -0.25) is 4.68 Å². The van der Waals surface area contributed by atoms with Gasteiger partial charge in [0.1, 0.15) is 11.6 Å². The number of carbonyl (C=O) groups is 1. The van der Waals surface area contributed by atoms with Crippen LogP contribution in [0.15, 0.2) is 29.5 Å². The molecule has 2 aromatic rings. The van der Waals surface area contributed by atoms with Crippen molar-refractivity contribution in [2.45, 2.75) is 52.4 Å². The Kier molecular flexibility index (Phi) is 6.63. The summed E-state index contributed by atoms with van der Waals surface area (Å²) in [4.78, 5) is 13.1. The second kappa shape index (κ2) is 8.99. The maximum absolute atomic E-state index is 13.7. The number of aryl methyl sites for hydroxylation is 2. The highest BCUT2D eigenvalue weighted by molar-refractivity contribution is 6.31. The summed E-state index contributed by atoms with van der Waals surface area (Å²) in [5.74, 6) is -0.448. The Bertz CT molecular complexity index is 952. The topological polar surface area (TPSA) is 56.1 Å². The molecule has 1 aliphatic rings. The Morgan fingerprint density at radius 3 is 2.76 bits per heavy atom. The number of ether oxygens (including phenoxy) is 1. The first-order valence-electron chi connectivity index (χ1n) is 10.0. The summed E-state index contributed by atoms with van der Waals surface area (Å²) in [5.41, 5.74) is 3.65. The number of nitrogens with one attached hydrogen (secondary N) is 1. The Morgan fingerprint density at radius 2 is 2.10 bits per heavy atom. The van der Waals surface area contributed by atoms with Gasteiger partial charge in [0.2, 0.25) is 0 Å². The number of fused-ring (bicyclic) bond motifs is 1. The summed E-state index contributed by atoms with van der Waals surface area (Å²) < 4.78 is 21.1. The molecule has 0 saturated carbocycles. The van der Waals surface area contributed by atoms with Gasteiger partial charge < -0.3 is 10.1 Å². The van der Waals surface area contributed by atoms with Crippen molar-refractivity contribution >= 4 is 23.4 Å². The van der Waals surface area contributed by atoms with Crippen LogP contribution in [0.5, 0.6) is 0 Å². The lowest BCUT2D eigenvalue weighted by atomic mass is 9.81. The zero-order valence-corrected chi connectivity index (χ0v) is 18.1. The van der Waals surface area contributed by atoms with Crippen LogP contribution in [0.25, 0.3) is 0 Å². The van der Waals surface area contributed by atoms with Crippen molar-refractivity contribution in [2.24, 2.45) is 7.05 Å². The fourth-order valence-electron chi connectivity index (χ4n) is 3.78. The summed E-state index contributed by atoms with van der Waals surface area (Å²) in [7, 11) is 1.87. The molecule has 7 heteroatoms. The fourth-order valence-corrected chi connectivity index (χ4v) is 4.06. The number of carbonyl (C=O) groups excluding carboxylic acids is 1. The second-order valence-corrected chi connectivity index (χ2v) is 7.74. The number of esters is 1. The molecule has 2 heterocycles. The van der Waals surface area contributed by atoms with Crippen molar-refractivity contribution in [3.05, 3.63) is 57.1 Å². The molecule has 0 bridgehead atoms. The zero-order valence-electron chi connectivity index (χ0n) is 17.3. The molecule has 1 atom stereocenters. The molecule has 1 aromatic carbocycles. The summed E-state index contributed by atoms with van der Waals surface area (Å²) in [6, 6.07) is 4.30. The number of halogens is 2. The molecule has 0 radical (unpaired) electrons. The smallest absolute Gasteiger partial charge is 0.336 e. The van der Waals surface area contributed by atoms with Gasteiger partial charge >= 0.3 is 5.97 Å². The standard InChI is InChI=1S/C22H27ClFN3O2/c1-5-7-11-29-22(28)18-13(3)25-21-20(17(8-6-2)26-27(21)4)19(18)15-10-9-14(24)12-16(15)23/h9-10,12,19,25H,5-8,11H2,1-4H3. The molecule has 1 unspecified atom stereocenters. The van der Waals surface area contributed by atoms with Crippen LogP contribution < -0.4 is 5.32 Å². The lowest BCUT2D eigenvalue weighted by Gasteiger charge is -2.29. The van der Waals surface area contributed by atoms with Gasteiger partial charge in [-0.15, -0.1) is 0 Å².